The lowest BCUT2D eigenvalue weighted by molar-refractivity contribution is 0.0623. The number of H-pyrrole nitrogens is 1. The molecule has 31 heavy (non-hydrogen) atoms. The van der Waals surface area contributed by atoms with Crippen LogP contribution in [0, 0.1) is 0 Å². The molecule has 1 aliphatic rings. The van der Waals surface area contributed by atoms with Crippen LogP contribution in [0.5, 0.6) is 0 Å². The summed E-state index contributed by atoms with van der Waals surface area (Å²) >= 11 is 0. The molecule has 7 nitrogen and oxygen atoms in total. The number of oxazole rings is 1. The van der Waals surface area contributed by atoms with Gasteiger partial charge in [-0.2, -0.15) is 0 Å². The highest BCUT2D eigenvalue weighted by Crippen LogP contribution is 2.26. The molecule has 0 spiro atoms. The van der Waals surface area contributed by atoms with Crippen LogP contribution >= 0.6 is 0 Å². The number of pyridine rings is 1. The molecule has 0 bridgehead atoms. The van der Waals surface area contributed by atoms with Gasteiger partial charge in [-0.15, -0.1) is 0 Å². The maximum Gasteiger partial charge on any atom is 0.270 e. The van der Waals surface area contributed by atoms with Gasteiger partial charge in [-0.25, -0.2) is 4.98 Å². The van der Waals surface area contributed by atoms with Gasteiger partial charge in [0.05, 0.1) is 11.0 Å². The van der Waals surface area contributed by atoms with Gasteiger partial charge in [0.1, 0.15) is 11.2 Å². The van der Waals surface area contributed by atoms with E-state index < -0.39 is 0 Å². The van der Waals surface area contributed by atoms with Crippen LogP contribution in [0.4, 0.5) is 0 Å². The maximum absolute atomic E-state index is 13.3. The lowest BCUT2D eigenvalue weighted by Gasteiger charge is -2.37. The Kier molecular flexibility index (Phi) is 5.42. The number of nitrogens with zero attached hydrogens (tertiary/aromatic N) is 3. The molecule has 4 aromatic rings. The van der Waals surface area contributed by atoms with Crippen molar-refractivity contribution in [2.24, 2.45) is 0 Å². The zero-order chi connectivity index (χ0) is 21.2. The normalized spacial score (nSPS) is 19.1. The van der Waals surface area contributed by atoms with E-state index in [0.29, 0.717) is 18.3 Å². The molecule has 1 aliphatic carbocycles. The fourth-order valence-corrected chi connectivity index (χ4v) is 4.70. The first kappa shape index (κ1) is 19.8. The number of hydrogen-bond acceptors (Lipinski definition) is 5. The molecule has 1 aromatic carbocycles. The van der Waals surface area contributed by atoms with Gasteiger partial charge in [0.25, 0.3) is 5.91 Å². The third kappa shape index (κ3) is 4.05. The highest BCUT2D eigenvalue weighted by atomic mass is 16.3. The molecule has 5 rings (SSSR count). The number of aromatic amines is 1. The topological polar surface area (TPSA) is 87.0 Å². The Morgan fingerprint density at radius 1 is 1.23 bits per heavy atom. The van der Waals surface area contributed by atoms with E-state index in [9.17, 15) is 4.79 Å². The SMILES string of the molecule is CCN(C(=O)c1cc2ncccc2[nH]1)C1CCCC(NCc2ccc3ncoc3c2)C1. The molecule has 7 heteroatoms. The maximum atomic E-state index is 13.3. The van der Waals surface area contributed by atoms with E-state index in [1.54, 1.807) is 6.20 Å². The van der Waals surface area contributed by atoms with E-state index >= 15 is 0 Å². The molecule has 1 saturated carbocycles. The number of nitrogens with one attached hydrogen (secondary N) is 2. The number of fused-ring (bicyclic) bond motifs is 2. The van der Waals surface area contributed by atoms with Crippen molar-refractivity contribution in [3.05, 3.63) is 60.2 Å². The summed E-state index contributed by atoms with van der Waals surface area (Å²) in [5.41, 5.74) is 5.22. The van der Waals surface area contributed by atoms with E-state index in [0.717, 1.165) is 54.4 Å². The number of amides is 1. The first-order valence-corrected chi connectivity index (χ1v) is 11.0. The average Bonchev–Trinajstić information content (AvgIpc) is 3.45. The number of carbonyl (C=O) groups is 1. The third-order valence-electron chi connectivity index (χ3n) is 6.30. The second-order valence-corrected chi connectivity index (χ2v) is 8.26. The van der Waals surface area contributed by atoms with Gasteiger partial charge < -0.3 is 19.6 Å². The fraction of sp³-hybridized carbons (Fsp3) is 0.375. The zero-order valence-corrected chi connectivity index (χ0v) is 17.7. The van der Waals surface area contributed by atoms with Gasteiger partial charge >= 0.3 is 0 Å². The summed E-state index contributed by atoms with van der Waals surface area (Å²) in [5.74, 6) is 0.0573. The van der Waals surface area contributed by atoms with Crippen molar-refractivity contribution >= 4 is 28.0 Å². The van der Waals surface area contributed by atoms with E-state index in [1.807, 2.05) is 35.2 Å². The first-order valence-electron chi connectivity index (χ1n) is 11.0. The molecule has 3 aromatic heterocycles. The van der Waals surface area contributed by atoms with Crippen LogP contribution in [-0.2, 0) is 6.54 Å². The van der Waals surface area contributed by atoms with Crippen molar-refractivity contribution in [2.45, 2.75) is 51.2 Å². The molecule has 2 atom stereocenters. The molecule has 2 unspecified atom stereocenters. The Labute approximate surface area is 180 Å². The Morgan fingerprint density at radius 3 is 3.03 bits per heavy atom. The summed E-state index contributed by atoms with van der Waals surface area (Å²) in [4.78, 5) is 27.0. The third-order valence-corrected chi connectivity index (χ3v) is 6.30. The number of aromatic nitrogens is 3. The molecular formula is C24H27N5O2. The second-order valence-electron chi connectivity index (χ2n) is 8.26. The second kappa shape index (κ2) is 8.51. The van der Waals surface area contributed by atoms with Crippen LogP contribution in [0.2, 0.25) is 0 Å². The molecule has 1 amide bonds. The number of hydrogen-bond donors (Lipinski definition) is 2. The highest BCUT2D eigenvalue weighted by Gasteiger charge is 2.30. The Morgan fingerprint density at radius 2 is 2.16 bits per heavy atom. The summed E-state index contributed by atoms with van der Waals surface area (Å²) in [6.45, 7) is 3.53. The van der Waals surface area contributed by atoms with Gasteiger partial charge in [0.2, 0.25) is 0 Å². The predicted molar refractivity (Wildman–Crippen MR) is 120 cm³/mol. The summed E-state index contributed by atoms with van der Waals surface area (Å²) in [6.07, 6.45) is 7.47. The average molecular weight is 418 g/mol. The van der Waals surface area contributed by atoms with Crippen LogP contribution < -0.4 is 5.32 Å². The molecule has 160 valence electrons. The van der Waals surface area contributed by atoms with Crippen LogP contribution in [-0.4, -0.2) is 44.4 Å². The van der Waals surface area contributed by atoms with Crippen molar-refractivity contribution < 1.29 is 9.21 Å². The minimum absolute atomic E-state index is 0.0573. The van der Waals surface area contributed by atoms with Crippen LogP contribution in [0.25, 0.3) is 22.1 Å². The summed E-state index contributed by atoms with van der Waals surface area (Å²) in [6, 6.07) is 12.4. The summed E-state index contributed by atoms with van der Waals surface area (Å²) < 4.78 is 5.41. The van der Waals surface area contributed by atoms with Crippen LogP contribution in [0.1, 0.15) is 48.7 Å². The van der Waals surface area contributed by atoms with Crippen LogP contribution in [0.3, 0.4) is 0 Å². The van der Waals surface area contributed by atoms with Crippen molar-refractivity contribution in [3.8, 4) is 0 Å². The van der Waals surface area contributed by atoms with E-state index in [4.69, 9.17) is 4.42 Å². The number of benzene rings is 1. The quantitative estimate of drug-likeness (QED) is 0.489. The van der Waals surface area contributed by atoms with Gasteiger partial charge in [0, 0.05) is 31.4 Å². The van der Waals surface area contributed by atoms with Gasteiger partial charge in [-0.3, -0.25) is 9.78 Å². The van der Waals surface area contributed by atoms with Crippen molar-refractivity contribution in [2.75, 3.05) is 6.54 Å². The van der Waals surface area contributed by atoms with Gasteiger partial charge in [-0.05, 0) is 68.5 Å². The minimum Gasteiger partial charge on any atom is -0.443 e. The minimum atomic E-state index is 0.0573. The Hall–Kier alpha value is -3.19. The predicted octanol–water partition coefficient (Wildman–Crippen LogP) is 4.27. The molecule has 0 aliphatic heterocycles. The molecular weight excluding hydrogens is 390 g/mol. The number of carbonyl (C=O) groups excluding carboxylic acids is 1. The molecule has 0 radical (unpaired) electrons. The monoisotopic (exact) mass is 417 g/mol. The fourth-order valence-electron chi connectivity index (χ4n) is 4.70. The molecule has 1 fully saturated rings. The Balaban J connectivity index is 1.25. The van der Waals surface area contributed by atoms with Crippen LogP contribution in [0.15, 0.2) is 53.4 Å². The Bertz CT molecular complexity index is 1160. The van der Waals surface area contributed by atoms with Gasteiger partial charge in [0.15, 0.2) is 12.0 Å². The molecule has 0 saturated heterocycles. The first-order chi connectivity index (χ1) is 15.2. The van der Waals surface area contributed by atoms with E-state index in [2.05, 4.69) is 33.3 Å². The standard InChI is InChI=1S/C24H27N5O2/c1-2-29(24(30)22-13-21-19(28-22)7-4-10-25-21)18-6-3-5-17(12-18)26-14-16-8-9-20-23(11-16)31-15-27-20/h4,7-11,13,15,17-18,26,28H,2-3,5-6,12,14H2,1H3. The van der Waals surface area contributed by atoms with Crippen molar-refractivity contribution in [1.82, 2.24) is 25.2 Å². The number of rotatable bonds is 6. The zero-order valence-electron chi connectivity index (χ0n) is 17.7. The summed E-state index contributed by atoms with van der Waals surface area (Å²) in [5, 5.41) is 3.69. The lowest BCUT2D eigenvalue weighted by atomic mass is 9.89. The van der Waals surface area contributed by atoms with Crippen molar-refractivity contribution in [3.63, 3.8) is 0 Å². The smallest absolute Gasteiger partial charge is 0.270 e. The van der Waals surface area contributed by atoms with E-state index in [1.165, 1.54) is 12.0 Å². The highest BCUT2D eigenvalue weighted by molar-refractivity contribution is 5.97. The molecule has 3 heterocycles. The van der Waals surface area contributed by atoms with Gasteiger partial charge in [-0.1, -0.05) is 6.07 Å². The summed E-state index contributed by atoms with van der Waals surface area (Å²) in [7, 11) is 0. The largest absolute Gasteiger partial charge is 0.443 e. The van der Waals surface area contributed by atoms with E-state index in [-0.39, 0.29) is 11.9 Å². The molecule has 2 N–H and O–H groups in total. The lowest BCUT2D eigenvalue weighted by Crippen LogP contribution is -2.46. The van der Waals surface area contributed by atoms with Crippen molar-refractivity contribution in [1.29, 1.82) is 0 Å².